The lowest BCUT2D eigenvalue weighted by Gasteiger charge is -2.11. The third kappa shape index (κ3) is 3.69. The van der Waals surface area contributed by atoms with Gasteiger partial charge in [-0.1, -0.05) is 0 Å². The van der Waals surface area contributed by atoms with Crippen LogP contribution in [0.5, 0.6) is 0 Å². The highest BCUT2D eigenvalue weighted by Gasteiger charge is 2.20. The molecular weight excluding hydrogens is 350 g/mol. The van der Waals surface area contributed by atoms with Gasteiger partial charge in [-0.2, -0.15) is 0 Å². The number of amides is 1. The van der Waals surface area contributed by atoms with E-state index in [9.17, 15) is 9.59 Å². The first-order chi connectivity index (χ1) is 12.7. The maximum absolute atomic E-state index is 12.8. The van der Waals surface area contributed by atoms with Crippen molar-refractivity contribution in [3.8, 4) is 0 Å². The van der Waals surface area contributed by atoms with E-state index in [-0.39, 0.29) is 17.6 Å². The molecule has 1 aliphatic carbocycles. The van der Waals surface area contributed by atoms with Crippen LogP contribution in [0.25, 0.3) is 10.2 Å². The number of nitrogens with one attached hydrogen (secondary N) is 1. The molecule has 1 saturated heterocycles. The van der Waals surface area contributed by atoms with Crippen molar-refractivity contribution in [1.29, 1.82) is 0 Å². The Kier molecular flexibility index (Phi) is 5.36. The van der Waals surface area contributed by atoms with E-state index >= 15 is 0 Å². The van der Waals surface area contributed by atoms with Crippen LogP contribution in [0, 0.1) is 0 Å². The van der Waals surface area contributed by atoms with Gasteiger partial charge < -0.3 is 10.1 Å². The van der Waals surface area contributed by atoms with Crippen molar-refractivity contribution in [2.45, 2.75) is 64.0 Å². The zero-order valence-corrected chi connectivity index (χ0v) is 15.8. The Labute approximate surface area is 156 Å². The summed E-state index contributed by atoms with van der Waals surface area (Å²) in [6, 6.07) is 0. The molecule has 1 atom stereocenters. The van der Waals surface area contributed by atoms with E-state index in [0.29, 0.717) is 19.5 Å². The summed E-state index contributed by atoms with van der Waals surface area (Å²) in [5.41, 5.74) is 1.20. The van der Waals surface area contributed by atoms with Gasteiger partial charge in [-0.25, -0.2) is 4.98 Å². The normalized spacial score (nSPS) is 19.6. The van der Waals surface area contributed by atoms with Crippen LogP contribution in [-0.4, -0.2) is 34.7 Å². The summed E-state index contributed by atoms with van der Waals surface area (Å²) in [5, 5.41) is 3.71. The van der Waals surface area contributed by atoms with Crippen LogP contribution in [0.15, 0.2) is 11.1 Å². The van der Waals surface area contributed by atoms with Gasteiger partial charge in [-0.15, -0.1) is 11.3 Å². The second-order valence-corrected chi connectivity index (χ2v) is 8.24. The van der Waals surface area contributed by atoms with Gasteiger partial charge in [-0.3, -0.25) is 14.2 Å². The minimum atomic E-state index is -0.0256. The van der Waals surface area contributed by atoms with Crippen molar-refractivity contribution in [3.63, 3.8) is 0 Å². The largest absolute Gasteiger partial charge is 0.378 e. The number of hydrogen-bond donors (Lipinski definition) is 1. The van der Waals surface area contributed by atoms with E-state index in [1.54, 1.807) is 22.2 Å². The minimum Gasteiger partial charge on any atom is -0.378 e. The Balaban J connectivity index is 1.37. The second kappa shape index (κ2) is 7.88. The van der Waals surface area contributed by atoms with Crippen LogP contribution in [0.2, 0.25) is 0 Å². The standard InChI is InChI=1S/C19H25N3O3S/c23-16(20-9-7-13-4-3-11-25-13)8-10-22-12-21-18-17(19(22)24)14-5-1-2-6-15(14)26-18/h12-13H,1-11H2,(H,20,23)/t13-/m0/s1. The predicted octanol–water partition coefficient (Wildman–Crippen LogP) is 2.41. The number of aryl methyl sites for hydroxylation is 3. The number of fused-ring (bicyclic) bond motifs is 3. The van der Waals surface area contributed by atoms with Crippen molar-refractivity contribution in [3.05, 3.63) is 27.1 Å². The molecule has 7 heteroatoms. The molecule has 0 radical (unpaired) electrons. The molecule has 1 amide bonds. The number of ether oxygens (including phenoxy) is 1. The Bertz CT molecular complexity index is 852. The molecule has 140 valence electrons. The molecule has 2 aliphatic rings. The van der Waals surface area contributed by atoms with E-state index in [2.05, 4.69) is 10.3 Å². The van der Waals surface area contributed by atoms with Gasteiger partial charge in [-0.05, 0) is 50.5 Å². The van der Waals surface area contributed by atoms with E-state index in [4.69, 9.17) is 4.74 Å². The van der Waals surface area contributed by atoms with E-state index in [0.717, 1.165) is 55.3 Å². The molecule has 26 heavy (non-hydrogen) atoms. The number of carbonyl (C=O) groups is 1. The summed E-state index contributed by atoms with van der Waals surface area (Å²) >= 11 is 1.65. The third-order valence-corrected chi connectivity index (χ3v) is 6.53. The van der Waals surface area contributed by atoms with Gasteiger partial charge in [0.25, 0.3) is 5.56 Å². The highest BCUT2D eigenvalue weighted by atomic mass is 32.1. The predicted molar refractivity (Wildman–Crippen MR) is 102 cm³/mol. The van der Waals surface area contributed by atoms with Crippen molar-refractivity contribution >= 4 is 27.5 Å². The summed E-state index contributed by atoms with van der Waals surface area (Å²) in [6.45, 7) is 1.84. The molecule has 1 aliphatic heterocycles. The first-order valence-corrected chi connectivity index (χ1v) is 10.4. The van der Waals surface area contributed by atoms with Gasteiger partial charge in [0.1, 0.15) is 4.83 Å². The van der Waals surface area contributed by atoms with Crippen LogP contribution in [-0.2, 0) is 28.9 Å². The molecule has 6 nitrogen and oxygen atoms in total. The van der Waals surface area contributed by atoms with Gasteiger partial charge in [0, 0.05) is 31.0 Å². The Morgan fingerprint density at radius 3 is 3.08 bits per heavy atom. The van der Waals surface area contributed by atoms with Crippen LogP contribution < -0.4 is 10.9 Å². The molecule has 0 unspecified atom stereocenters. The van der Waals surface area contributed by atoms with Gasteiger partial charge in [0.2, 0.25) is 5.91 Å². The fourth-order valence-electron chi connectivity index (χ4n) is 3.90. The molecule has 3 heterocycles. The van der Waals surface area contributed by atoms with Gasteiger partial charge >= 0.3 is 0 Å². The monoisotopic (exact) mass is 375 g/mol. The lowest BCUT2D eigenvalue weighted by Crippen LogP contribution is -2.29. The van der Waals surface area contributed by atoms with Crippen LogP contribution in [0.4, 0.5) is 0 Å². The number of aromatic nitrogens is 2. The van der Waals surface area contributed by atoms with Gasteiger partial charge in [0.05, 0.1) is 17.8 Å². The Hall–Kier alpha value is -1.73. The average Bonchev–Trinajstić information content (AvgIpc) is 3.28. The van der Waals surface area contributed by atoms with Crippen molar-refractivity contribution in [1.82, 2.24) is 14.9 Å². The molecule has 0 spiro atoms. The van der Waals surface area contributed by atoms with Crippen molar-refractivity contribution in [2.24, 2.45) is 0 Å². The molecule has 0 saturated carbocycles. The molecule has 1 N–H and O–H groups in total. The van der Waals surface area contributed by atoms with E-state index < -0.39 is 0 Å². The zero-order valence-electron chi connectivity index (χ0n) is 15.0. The molecule has 2 aromatic rings. The number of carbonyl (C=O) groups excluding carboxylic acids is 1. The SMILES string of the molecule is O=C(CCn1cnc2sc3c(c2c1=O)CCCC3)NCC[C@@H]1CCCO1. The smallest absolute Gasteiger partial charge is 0.262 e. The summed E-state index contributed by atoms with van der Waals surface area (Å²) in [5.74, 6) is -0.0256. The van der Waals surface area contributed by atoms with E-state index in [1.165, 1.54) is 16.9 Å². The molecule has 2 aromatic heterocycles. The summed E-state index contributed by atoms with van der Waals surface area (Å²) < 4.78 is 7.14. The fourth-order valence-corrected chi connectivity index (χ4v) is 5.11. The Morgan fingerprint density at radius 2 is 2.23 bits per heavy atom. The van der Waals surface area contributed by atoms with Gasteiger partial charge in [0.15, 0.2) is 0 Å². The maximum Gasteiger partial charge on any atom is 0.262 e. The summed E-state index contributed by atoms with van der Waals surface area (Å²) in [7, 11) is 0. The zero-order chi connectivity index (χ0) is 17.9. The minimum absolute atomic E-state index is 0.00144. The Morgan fingerprint density at radius 1 is 1.35 bits per heavy atom. The number of thiophene rings is 1. The second-order valence-electron chi connectivity index (χ2n) is 7.16. The molecule has 1 fully saturated rings. The molecular formula is C19H25N3O3S. The summed E-state index contributed by atoms with van der Waals surface area (Å²) in [4.78, 5) is 31.5. The molecule has 0 aromatic carbocycles. The van der Waals surface area contributed by atoms with Crippen molar-refractivity contribution < 1.29 is 9.53 Å². The van der Waals surface area contributed by atoms with Crippen LogP contribution in [0.1, 0.15) is 49.0 Å². The maximum atomic E-state index is 12.8. The first-order valence-electron chi connectivity index (χ1n) is 9.60. The molecule has 4 rings (SSSR count). The fraction of sp³-hybridized carbons (Fsp3) is 0.632. The van der Waals surface area contributed by atoms with E-state index in [1.807, 2.05) is 0 Å². The topological polar surface area (TPSA) is 73.2 Å². The lowest BCUT2D eigenvalue weighted by molar-refractivity contribution is -0.121. The highest BCUT2D eigenvalue weighted by Crippen LogP contribution is 2.33. The summed E-state index contributed by atoms with van der Waals surface area (Å²) in [6.07, 6.45) is 9.60. The molecule has 0 bridgehead atoms. The average molecular weight is 375 g/mol. The van der Waals surface area contributed by atoms with Crippen LogP contribution >= 0.6 is 11.3 Å². The highest BCUT2D eigenvalue weighted by molar-refractivity contribution is 7.18. The number of rotatable bonds is 6. The number of hydrogen-bond acceptors (Lipinski definition) is 5. The quantitative estimate of drug-likeness (QED) is 0.841. The number of nitrogens with zero attached hydrogens (tertiary/aromatic N) is 2. The van der Waals surface area contributed by atoms with Crippen molar-refractivity contribution in [2.75, 3.05) is 13.2 Å². The lowest BCUT2D eigenvalue weighted by atomic mass is 9.97. The first kappa shape index (κ1) is 17.7. The third-order valence-electron chi connectivity index (χ3n) is 5.33. The van der Waals surface area contributed by atoms with Crippen LogP contribution in [0.3, 0.4) is 0 Å².